The van der Waals surface area contributed by atoms with Crippen molar-refractivity contribution in [2.75, 3.05) is 5.32 Å². The largest absolute Gasteiger partial charge is 0.300 e. The highest BCUT2D eigenvalue weighted by Crippen LogP contribution is 2.22. The van der Waals surface area contributed by atoms with Gasteiger partial charge in [0.25, 0.3) is 11.6 Å². The van der Waals surface area contributed by atoms with Crippen molar-refractivity contribution >= 4 is 39.9 Å². The van der Waals surface area contributed by atoms with Crippen LogP contribution in [0.25, 0.3) is 0 Å². The maximum atomic E-state index is 11.9. The Morgan fingerprint density at radius 1 is 1.58 bits per heavy atom. The molecule has 0 saturated carbocycles. The second-order valence-corrected chi connectivity index (χ2v) is 4.52. The van der Waals surface area contributed by atoms with E-state index in [-0.39, 0.29) is 15.8 Å². The molecule has 0 atom stereocenters. The Morgan fingerprint density at radius 3 is 2.89 bits per heavy atom. The number of nitrogens with zero attached hydrogens (tertiary/aromatic N) is 4. The minimum atomic E-state index is -0.705. The molecule has 0 spiro atoms. The third-order valence-electron chi connectivity index (χ3n) is 2.04. The quantitative estimate of drug-likeness (QED) is 0.527. The second kappa shape index (κ2) is 5.24. The second-order valence-electron chi connectivity index (χ2n) is 3.38. The molecule has 2 heterocycles. The Hall–Kier alpha value is -2.13. The van der Waals surface area contributed by atoms with Crippen molar-refractivity contribution in [3.8, 4) is 0 Å². The van der Waals surface area contributed by atoms with Crippen LogP contribution in [0.2, 0.25) is 5.15 Å². The first-order valence-corrected chi connectivity index (χ1v) is 6.04. The first-order chi connectivity index (χ1) is 8.97. The summed E-state index contributed by atoms with van der Waals surface area (Å²) >= 11 is 6.61. The highest BCUT2D eigenvalue weighted by molar-refractivity contribution is 7.09. The Kier molecular flexibility index (Phi) is 3.67. The molecule has 0 aromatic carbocycles. The molecular formula is C9H6ClN5O3S. The summed E-state index contributed by atoms with van der Waals surface area (Å²) in [5, 5.41) is 13.5. The summed E-state index contributed by atoms with van der Waals surface area (Å²) in [6, 6.07) is 1.13. The number of rotatable bonds is 3. The molecule has 1 N–H and O–H groups in total. The molecule has 2 aromatic heterocycles. The minimum Gasteiger partial charge on any atom is -0.296 e. The lowest BCUT2D eigenvalue weighted by atomic mass is 10.2. The van der Waals surface area contributed by atoms with Gasteiger partial charge in [-0.25, -0.2) is 9.97 Å². The average Bonchev–Trinajstić information content (AvgIpc) is 2.74. The molecule has 0 aliphatic heterocycles. The Labute approximate surface area is 115 Å². The molecule has 0 fully saturated rings. The van der Waals surface area contributed by atoms with E-state index < -0.39 is 16.5 Å². The summed E-state index contributed by atoms with van der Waals surface area (Å²) < 4.78 is 3.88. The Morgan fingerprint density at radius 2 is 2.32 bits per heavy atom. The van der Waals surface area contributed by atoms with Crippen LogP contribution in [-0.2, 0) is 0 Å². The Bertz CT molecular complexity index is 659. The van der Waals surface area contributed by atoms with Gasteiger partial charge < -0.3 is 0 Å². The maximum absolute atomic E-state index is 11.9. The maximum Gasteiger partial charge on any atom is 0.300 e. The number of nitrogens with one attached hydrogen (secondary N) is 1. The lowest BCUT2D eigenvalue weighted by molar-refractivity contribution is -0.385. The normalized spacial score (nSPS) is 10.2. The molecule has 10 heteroatoms. The fourth-order valence-electron chi connectivity index (χ4n) is 1.26. The van der Waals surface area contributed by atoms with Crippen molar-refractivity contribution in [3.63, 3.8) is 0 Å². The van der Waals surface area contributed by atoms with E-state index >= 15 is 0 Å². The molecule has 0 unspecified atom stereocenters. The van der Waals surface area contributed by atoms with E-state index in [1.807, 2.05) is 0 Å². The van der Waals surface area contributed by atoms with Gasteiger partial charge in [-0.2, -0.15) is 4.37 Å². The first-order valence-electron chi connectivity index (χ1n) is 4.89. The molecule has 8 nitrogen and oxygen atoms in total. The van der Waals surface area contributed by atoms with E-state index in [0.29, 0.717) is 5.82 Å². The van der Waals surface area contributed by atoms with Crippen LogP contribution in [0.1, 0.15) is 16.2 Å². The van der Waals surface area contributed by atoms with Crippen molar-refractivity contribution in [2.45, 2.75) is 6.92 Å². The van der Waals surface area contributed by atoms with E-state index in [1.54, 1.807) is 6.92 Å². The molecule has 0 saturated heterocycles. The van der Waals surface area contributed by atoms with Crippen molar-refractivity contribution in [3.05, 3.63) is 38.9 Å². The average molecular weight is 300 g/mol. The first kappa shape index (κ1) is 13.3. The molecule has 0 bridgehead atoms. The van der Waals surface area contributed by atoms with E-state index in [1.165, 1.54) is 0 Å². The lowest BCUT2D eigenvalue weighted by Crippen LogP contribution is -2.14. The number of pyridine rings is 1. The van der Waals surface area contributed by atoms with Crippen LogP contribution in [0.3, 0.4) is 0 Å². The summed E-state index contributed by atoms with van der Waals surface area (Å²) in [5.41, 5.74) is -0.610. The van der Waals surface area contributed by atoms with Crippen LogP contribution < -0.4 is 5.32 Å². The third-order valence-corrected chi connectivity index (χ3v) is 2.97. The molecule has 2 aromatic rings. The summed E-state index contributed by atoms with van der Waals surface area (Å²) in [7, 11) is 0. The number of hydrogen-bond acceptors (Lipinski definition) is 7. The molecule has 98 valence electrons. The highest BCUT2D eigenvalue weighted by Gasteiger charge is 2.22. The van der Waals surface area contributed by atoms with Gasteiger partial charge in [0, 0.05) is 11.5 Å². The van der Waals surface area contributed by atoms with Crippen molar-refractivity contribution in [1.29, 1.82) is 0 Å². The minimum absolute atomic E-state index is 0.0100. The highest BCUT2D eigenvalue weighted by atomic mass is 35.5. The number of anilines is 1. The fourth-order valence-corrected chi connectivity index (χ4v) is 1.99. The van der Waals surface area contributed by atoms with Crippen LogP contribution in [-0.4, -0.2) is 25.2 Å². The summed E-state index contributed by atoms with van der Waals surface area (Å²) in [5.74, 6) is -0.185. The number of halogens is 1. The van der Waals surface area contributed by atoms with Crippen LogP contribution >= 0.6 is 23.1 Å². The number of carbonyl (C=O) groups is 1. The van der Waals surface area contributed by atoms with Gasteiger partial charge in [0.2, 0.25) is 5.13 Å². The predicted octanol–water partition coefficient (Wildman–Crippen LogP) is 2.06. The monoisotopic (exact) mass is 299 g/mol. The zero-order chi connectivity index (χ0) is 14.0. The van der Waals surface area contributed by atoms with E-state index in [0.717, 1.165) is 23.8 Å². The fraction of sp³-hybridized carbons (Fsp3) is 0.111. The zero-order valence-electron chi connectivity index (χ0n) is 9.45. The lowest BCUT2D eigenvalue weighted by Gasteiger charge is -2.02. The van der Waals surface area contributed by atoms with Gasteiger partial charge >= 0.3 is 0 Å². The van der Waals surface area contributed by atoms with Gasteiger partial charge in [-0.15, -0.1) is 0 Å². The van der Waals surface area contributed by atoms with Crippen LogP contribution in [0.5, 0.6) is 0 Å². The number of aryl methyl sites for hydroxylation is 1. The van der Waals surface area contributed by atoms with Gasteiger partial charge in [0.05, 0.1) is 4.92 Å². The number of hydrogen-bond donors (Lipinski definition) is 1. The van der Waals surface area contributed by atoms with Gasteiger partial charge in [0.15, 0.2) is 0 Å². The number of nitro groups is 1. The van der Waals surface area contributed by atoms with Crippen molar-refractivity contribution in [1.82, 2.24) is 14.3 Å². The molecule has 19 heavy (non-hydrogen) atoms. The molecule has 2 rings (SSSR count). The SMILES string of the molecule is Cc1nsc(NC(=O)c2cc(Cl)ncc2[N+](=O)[O-])n1. The standard InChI is InChI=1S/C9H6ClN5O3S/c1-4-12-9(19-14-4)13-8(16)5-2-7(10)11-3-6(5)15(17)18/h2-3H,1H3,(H,12,13,14,16). The van der Waals surface area contributed by atoms with E-state index in [2.05, 4.69) is 19.7 Å². The van der Waals surface area contributed by atoms with Crippen LogP contribution in [0.4, 0.5) is 10.8 Å². The number of aromatic nitrogens is 3. The molecular weight excluding hydrogens is 294 g/mol. The van der Waals surface area contributed by atoms with Crippen LogP contribution in [0, 0.1) is 17.0 Å². The summed E-state index contributed by atoms with van der Waals surface area (Å²) in [6.07, 6.45) is 0.933. The smallest absolute Gasteiger partial charge is 0.296 e. The van der Waals surface area contributed by atoms with Gasteiger partial charge in [0.1, 0.15) is 22.7 Å². The van der Waals surface area contributed by atoms with Crippen molar-refractivity contribution in [2.24, 2.45) is 0 Å². The summed E-state index contributed by atoms with van der Waals surface area (Å²) in [4.78, 5) is 29.5. The molecule has 0 aliphatic rings. The van der Waals surface area contributed by atoms with E-state index in [9.17, 15) is 14.9 Å². The van der Waals surface area contributed by atoms with Gasteiger partial charge in [-0.05, 0) is 13.0 Å². The molecule has 0 radical (unpaired) electrons. The van der Waals surface area contributed by atoms with Crippen LogP contribution in [0.15, 0.2) is 12.3 Å². The third kappa shape index (κ3) is 3.01. The van der Waals surface area contributed by atoms with Gasteiger partial charge in [-0.3, -0.25) is 20.2 Å². The van der Waals surface area contributed by atoms with E-state index in [4.69, 9.17) is 11.6 Å². The zero-order valence-corrected chi connectivity index (χ0v) is 11.0. The Balaban J connectivity index is 2.32. The number of amides is 1. The molecule has 1 amide bonds. The van der Waals surface area contributed by atoms with Crippen molar-refractivity contribution < 1.29 is 9.72 Å². The summed E-state index contributed by atoms with van der Waals surface area (Å²) in [6.45, 7) is 1.66. The predicted molar refractivity (Wildman–Crippen MR) is 68.5 cm³/mol. The number of carbonyl (C=O) groups excluding carboxylic acids is 1. The van der Waals surface area contributed by atoms with Gasteiger partial charge in [-0.1, -0.05) is 11.6 Å². The molecule has 0 aliphatic carbocycles. The topological polar surface area (TPSA) is 111 Å².